The molecule has 0 fully saturated rings. The van der Waals surface area contributed by atoms with E-state index in [1.54, 1.807) is 10.6 Å². The molecule has 2 aromatic heterocycles. The molecule has 1 aromatic carbocycles. The average molecular weight is 294 g/mol. The highest BCUT2D eigenvalue weighted by Crippen LogP contribution is 2.24. The second-order valence-corrected chi connectivity index (χ2v) is 4.92. The van der Waals surface area contributed by atoms with Crippen LogP contribution in [0.1, 0.15) is 16.1 Å². The van der Waals surface area contributed by atoms with Crippen LogP contribution in [0.25, 0.3) is 4.96 Å². The van der Waals surface area contributed by atoms with Crippen molar-refractivity contribution < 1.29 is 18.3 Å². The minimum atomic E-state index is -0.909. The molecule has 20 heavy (non-hydrogen) atoms. The highest BCUT2D eigenvalue weighted by atomic mass is 32.1. The summed E-state index contributed by atoms with van der Waals surface area (Å²) in [6, 6.07) is 1.86. The second-order valence-electron chi connectivity index (χ2n) is 4.05. The molecule has 0 saturated carbocycles. The van der Waals surface area contributed by atoms with Crippen molar-refractivity contribution in [1.82, 2.24) is 9.38 Å². The minimum Gasteiger partial charge on any atom is -0.481 e. The molecule has 0 bridgehead atoms. The Morgan fingerprint density at radius 1 is 1.35 bits per heavy atom. The van der Waals surface area contributed by atoms with Crippen molar-refractivity contribution in [3.63, 3.8) is 0 Å². The van der Waals surface area contributed by atoms with E-state index in [0.29, 0.717) is 12.0 Å². The van der Waals surface area contributed by atoms with Crippen LogP contribution in [0.15, 0.2) is 29.9 Å². The van der Waals surface area contributed by atoms with Gasteiger partial charge in [0.1, 0.15) is 12.9 Å². The SMILES string of the molecule is O=Cc1cc(F)c(OCc2cn3ccsc3n2)c(F)c1. The van der Waals surface area contributed by atoms with Gasteiger partial charge in [-0.3, -0.25) is 9.20 Å². The zero-order valence-corrected chi connectivity index (χ0v) is 10.9. The number of aromatic nitrogens is 2. The molecule has 0 saturated heterocycles. The molecule has 0 atom stereocenters. The lowest BCUT2D eigenvalue weighted by Gasteiger charge is -2.07. The normalized spacial score (nSPS) is 10.9. The number of rotatable bonds is 4. The predicted octanol–water partition coefficient (Wildman–Crippen LogP) is 3.07. The second kappa shape index (κ2) is 5.01. The topological polar surface area (TPSA) is 43.6 Å². The number of halogens is 2. The number of fused-ring (bicyclic) bond motifs is 1. The zero-order chi connectivity index (χ0) is 14.1. The monoisotopic (exact) mass is 294 g/mol. The van der Waals surface area contributed by atoms with Crippen molar-refractivity contribution in [2.24, 2.45) is 0 Å². The lowest BCUT2D eigenvalue weighted by atomic mass is 10.2. The van der Waals surface area contributed by atoms with Gasteiger partial charge < -0.3 is 4.74 Å². The zero-order valence-electron chi connectivity index (χ0n) is 10.0. The molecular weight excluding hydrogens is 286 g/mol. The van der Waals surface area contributed by atoms with Gasteiger partial charge in [0.15, 0.2) is 22.3 Å². The van der Waals surface area contributed by atoms with E-state index in [4.69, 9.17) is 4.74 Å². The molecule has 3 aromatic rings. The van der Waals surface area contributed by atoms with Gasteiger partial charge in [-0.05, 0) is 12.1 Å². The van der Waals surface area contributed by atoms with E-state index >= 15 is 0 Å². The van der Waals surface area contributed by atoms with Gasteiger partial charge in [-0.2, -0.15) is 0 Å². The van der Waals surface area contributed by atoms with Crippen molar-refractivity contribution in [1.29, 1.82) is 0 Å². The largest absolute Gasteiger partial charge is 0.481 e. The number of benzene rings is 1. The maximum atomic E-state index is 13.6. The Morgan fingerprint density at radius 2 is 2.10 bits per heavy atom. The Labute approximate surface area is 116 Å². The fourth-order valence-corrected chi connectivity index (χ4v) is 2.50. The van der Waals surface area contributed by atoms with Gasteiger partial charge in [-0.15, -0.1) is 11.3 Å². The van der Waals surface area contributed by atoms with E-state index < -0.39 is 17.4 Å². The molecule has 0 aliphatic heterocycles. The average Bonchev–Trinajstić information content (AvgIpc) is 2.98. The molecule has 102 valence electrons. The van der Waals surface area contributed by atoms with Gasteiger partial charge in [0.05, 0.1) is 5.69 Å². The van der Waals surface area contributed by atoms with E-state index in [-0.39, 0.29) is 12.2 Å². The van der Waals surface area contributed by atoms with E-state index in [2.05, 4.69) is 4.98 Å². The van der Waals surface area contributed by atoms with Crippen molar-refractivity contribution in [3.8, 4) is 5.75 Å². The maximum Gasteiger partial charge on any atom is 0.193 e. The van der Waals surface area contributed by atoms with E-state index in [1.165, 1.54) is 11.3 Å². The van der Waals surface area contributed by atoms with Gasteiger partial charge in [-0.1, -0.05) is 0 Å². The summed E-state index contributed by atoms with van der Waals surface area (Å²) in [6.45, 7) is -0.0529. The molecule has 0 N–H and O–H groups in total. The first kappa shape index (κ1) is 12.7. The van der Waals surface area contributed by atoms with Gasteiger partial charge >= 0.3 is 0 Å². The van der Waals surface area contributed by atoms with Crippen molar-refractivity contribution in [2.75, 3.05) is 0 Å². The van der Waals surface area contributed by atoms with Crippen LogP contribution in [0.5, 0.6) is 5.75 Å². The summed E-state index contributed by atoms with van der Waals surface area (Å²) in [7, 11) is 0. The van der Waals surface area contributed by atoms with E-state index in [0.717, 1.165) is 17.1 Å². The summed E-state index contributed by atoms with van der Waals surface area (Å²) in [5.41, 5.74) is 0.491. The molecular formula is C13H8F2N2O2S. The van der Waals surface area contributed by atoms with Crippen LogP contribution in [0, 0.1) is 11.6 Å². The molecule has 3 rings (SSSR count). The van der Waals surface area contributed by atoms with Gasteiger partial charge in [0.2, 0.25) is 0 Å². The Bertz CT molecular complexity index is 730. The number of thiazole rings is 1. The maximum absolute atomic E-state index is 13.6. The van der Waals surface area contributed by atoms with Crippen LogP contribution in [-0.4, -0.2) is 15.7 Å². The fraction of sp³-hybridized carbons (Fsp3) is 0.0769. The van der Waals surface area contributed by atoms with Crippen molar-refractivity contribution >= 4 is 22.6 Å². The molecule has 0 aliphatic carbocycles. The van der Waals surface area contributed by atoms with E-state index in [1.807, 2.05) is 11.6 Å². The lowest BCUT2D eigenvalue weighted by Crippen LogP contribution is -2.01. The summed E-state index contributed by atoms with van der Waals surface area (Å²) < 4.78 is 34.1. The number of carbonyl (C=O) groups is 1. The van der Waals surface area contributed by atoms with Crippen LogP contribution >= 0.6 is 11.3 Å². The Morgan fingerprint density at radius 3 is 2.75 bits per heavy atom. The van der Waals surface area contributed by atoms with Crippen molar-refractivity contribution in [3.05, 3.63) is 52.8 Å². The number of hydrogen-bond acceptors (Lipinski definition) is 4. The lowest BCUT2D eigenvalue weighted by molar-refractivity contribution is 0.112. The highest BCUT2D eigenvalue weighted by molar-refractivity contribution is 7.15. The molecule has 0 spiro atoms. The Kier molecular flexibility index (Phi) is 3.19. The molecule has 4 nitrogen and oxygen atoms in total. The Balaban J connectivity index is 1.81. The number of imidazole rings is 1. The summed E-state index contributed by atoms with van der Waals surface area (Å²) >= 11 is 1.45. The number of aldehydes is 1. The van der Waals surface area contributed by atoms with Crippen LogP contribution < -0.4 is 4.74 Å². The van der Waals surface area contributed by atoms with E-state index in [9.17, 15) is 13.6 Å². The molecule has 0 amide bonds. The molecule has 0 unspecified atom stereocenters. The third-order valence-electron chi connectivity index (χ3n) is 2.66. The summed E-state index contributed by atoms with van der Waals surface area (Å²) in [5, 5.41) is 1.88. The number of hydrogen-bond donors (Lipinski definition) is 0. The third kappa shape index (κ3) is 2.27. The standard InChI is InChI=1S/C13H8F2N2O2S/c14-10-3-8(6-18)4-11(15)12(10)19-7-9-5-17-1-2-20-13(17)16-9/h1-6H,7H2. The van der Waals surface area contributed by atoms with Crippen LogP contribution in [-0.2, 0) is 6.61 Å². The fourth-order valence-electron chi connectivity index (χ4n) is 1.78. The predicted molar refractivity (Wildman–Crippen MR) is 69.1 cm³/mol. The van der Waals surface area contributed by atoms with Gasteiger partial charge in [0, 0.05) is 23.3 Å². The molecule has 0 aliphatic rings. The minimum absolute atomic E-state index is 0.0529. The first-order chi connectivity index (χ1) is 9.67. The smallest absolute Gasteiger partial charge is 0.193 e. The number of ether oxygens (including phenoxy) is 1. The van der Waals surface area contributed by atoms with Crippen molar-refractivity contribution in [2.45, 2.75) is 6.61 Å². The third-order valence-corrected chi connectivity index (χ3v) is 3.43. The number of carbonyl (C=O) groups excluding carboxylic acids is 1. The molecule has 0 radical (unpaired) electrons. The first-order valence-electron chi connectivity index (χ1n) is 5.65. The van der Waals surface area contributed by atoms with Crippen LogP contribution in [0.2, 0.25) is 0 Å². The van der Waals surface area contributed by atoms with Gasteiger partial charge in [-0.25, -0.2) is 13.8 Å². The van der Waals surface area contributed by atoms with Crippen LogP contribution in [0.3, 0.4) is 0 Å². The summed E-state index contributed by atoms with van der Waals surface area (Å²) in [6.07, 6.45) is 3.93. The Hall–Kier alpha value is -2.28. The molecule has 7 heteroatoms. The highest BCUT2D eigenvalue weighted by Gasteiger charge is 2.13. The van der Waals surface area contributed by atoms with Gasteiger partial charge in [0.25, 0.3) is 0 Å². The molecule has 2 heterocycles. The van der Waals surface area contributed by atoms with Crippen LogP contribution in [0.4, 0.5) is 8.78 Å². The quantitative estimate of drug-likeness (QED) is 0.695. The summed E-state index contributed by atoms with van der Waals surface area (Å²) in [4.78, 5) is 15.5. The summed E-state index contributed by atoms with van der Waals surface area (Å²) in [5.74, 6) is -2.33. The first-order valence-corrected chi connectivity index (χ1v) is 6.53. The number of nitrogens with zero attached hydrogens (tertiary/aromatic N) is 2.